The second-order valence-electron chi connectivity index (χ2n) is 3.17. The predicted molar refractivity (Wildman–Crippen MR) is 52.5 cm³/mol. The van der Waals surface area contributed by atoms with Gasteiger partial charge in [0.05, 0.1) is 6.10 Å². The molecule has 90 valence electrons. The molecule has 0 aromatic rings. The van der Waals surface area contributed by atoms with E-state index in [1.807, 2.05) is 0 Å². The highest BCUT2D eigenvalue weighted by atomic mass is 32.2. The fraction of sp³-hybridized carbons (Fsp3) is 0.875. The van der Waals surface area contributed by atoms with Crippen molar-refractivity contribution >= 4 is 16.1 Å². The molecule has 0 aliphatic heterocycles. The third kappa shape index (κ3) is 8.34. The van der Waals surface area contributed by atoms with Gasteiger partial charge in [0.1, 0.15) is 5.75 Å². The third-order valence-electron chi connectivity index (χ3n) is 1.59. The van der Waals surface area contributed by atoms with Gasteiger partial charge in [-0.25, -0.2) is 0 Å². The fourth-order valence-electron chi connectivity index (χ4n) is 1.02. The summed E-state index contributed by atoms with van der Waals surface area (Å²) >= 11 is 0. The Morgan fingerprint density at radius 2 is 2.00 bits per heavy atom. The molecule has 0 bridgehead atoms. The van der Waals surface area contributed by atoms with Crippen LogP contribution in [-0.4, -0.2) is 43.1 Å². The van der Waals surface area contributed by atoms with E-state index in [1.165, 1.54) is 0 Å². The molecule has 6 nitrogen and oxygen atoms in total. The Bertz CT molecular complexity index is 284. The lowest BCUT2D eigenvalue weighted by molar-refractivity contribution is -0.131. The van der Waals surface area contributed by atoms with E-state index in [1.54, 1.807) is 0 Å². The van der Waals surface area contributed by atoms with Crippen molar-refractivity contribution in [2.45, 2.75) is 32.3 Å². The van der Waals surface area contributed by atoms with E-state index < -0.39 is 27.9 Å². The number of carbonyl (C=O) groups excluding carboxylic acids is 1. The molecule has 0 aliphatic carbocycles. The quantitative estimate of drug-likeness (QED) is 0.455. The lowest BCUT2D eigenvalue weighted by Gasteiger charge is -2.09. The number of unbranched alkanes of at least 4 members (excludes halogenated alkanes) is 1. The molecule has 1 unspecified atom stereocenters. The van der Waals surface area contributed by atoms with Crippen LogP contribution in [0, 0.1) is 0 Å². The van der Waals surface area contributed by atoms with Crippen molar-refractivity contribution in [3.05, 3.63) is 0 Å². The molecule has 0 amide bonds. The molecule has 0 aromatic heterocycles. The van der Waals surface area contributed by atoms with Crippen LogP contribution in [0.1, 0.15) is 26.2 Å². The van der Waals surface area contributed by atoms with Crippen LogP contribution in [0.15, 0.2) is 0 Å². The molecule has 0 heterocycles. The summed E-state index contributed by atoms with van der Waals surface area (Å²) in [5.74, 6) is -1.52. The van der Waals surface area contributed by atoms with Gasteiger partial charge >= 0.3 is 16.1 Å². The van der Waals surface area contributed by atoms with Crippen LogP contribution in [0.2, 0.25) is 0 Å². The van der Waals surface area contributed by atoms with Gasteiger partial charge in [-0.1, -0.05) is 0 Å². The van der Waals surface area contributed by atoms with Crippen molar-refractivity contribution in [3.63, 3.8) is 0 Å². The molecule has 0 aromatic carbocycles. The third-order valence-corrected chi connectivity index (χ3v) is 2.87. The van der Waals surface area contributed by atoms with Crippen molar-refractivity contribution in [1.29, 1.82) is 0 Å². The van der Waals surface area contributed by atoms with Gasteiger partial charge in [0.15, 0.2) is 0 Å². The van der Waals surface area contributed by atoms with Crippen molar-refractivity contribution in [3.8, 4) is 0 Å². The zero-order valence-electron chi connectivity index (χ0n) is 8.55. The molecule has 0 fully saturated rings. The Kier molecular flexibility index (Phi) is 6.46. The molecule has 0 rings (SSSR count). The second-order valence-corrected chi connectivity index (χ2v) is 4.79. The summed E-state index contributed by atoms with van der Waals surface area (Å²) in [5.41, 5.74) is 0. The van der Waals surface area contributed by atoms with E-state index in [9.17, 15) is 18.3 Å². The first-order chi connectivity index (χ1) is 6.87. The first kappa shape index (κ1) is 14.3. The van der Waals surface area contributed by atoms with Crippen molar-refractivity contribution < 1.29 is 27.6 Å². The van der Waals surface area contributed by atoms with Gasteiger partial charge in [-0.05, 0) is 19.3 Å². The Labute approximate surface area is 89.0 Å². The molecule has 7 heteroatoms. The van der Waals surface area contributed by atoms with E-state index in [2.05, 4.69) is 4.18 Å². The summed E-state index contributed by atoms with van der Waals surface area (Å²) in [4.78, 5) is 10.4. The number of carbonyl (C=O) groups is 1. The van der Waals surface area contributed by atoms with Crippen LogP contribution in [0.4, 0.5) is 0 Å². The predicted octanol–water partition coefficient (Wildman–Crippen LogP) is -0.597. The van der Waals surface area contributed by atoms with Crippen molar-refractivity contribution in [2.24, 2.45) is 0 Å². The molecule has 1 atom stereocenters. The van der Waals surface area contributed by atoms with Crippen molar-refractivity contribution in [1.82, 2.24) is 0 Å². The Balaban J connectivity index is 3.94. The first-order valence-electron chi connectivity index (χ1n) is 4.59. The minimum atomic E-state index is -3.98. The van der Waals surface area contributed by atoms with Crippen LogP contribution in [-0.2, 0) is 19.1 Å². The minimum absolute atomic E-state index is 0.00339. The number of hydrogen-bond acceptors (Lipinski definition) is 6. The number of aliphatic hydroxyl groups is 2. The van der Waals surface area contributed by atoms with Crippen LogP contribution in [0.25, 0.3) is 0 Å². The second kappa shape index (κ2) is 6.76. The summed E-state index contributed by atoms with van der Waals surface area (Å²) in [6.07, 6.45) is 0.208. The van der Waals surface area contributed by atoms with E-state index in [4.69, 9.17) is 5.11 Å². The molecule has 0 spiro atoms. The Morgan fingerprint density at radius 3 is 2.47 bits per heavy atom. The van der Waals surface area contributed by atoms with Gasteiger partial charge in [0, 0.05) is 13.5 Å². The van der Waals surface area contributed by atoms with E-state index >= 15 is 0 Å². The molecule has 15 heavy (non-hydrogen) atoms. The summed E-state index contributed by atoms with van der Waals surface area (Å²) in [6.45, 7) is 0.985. The smallest absolute Gasteiger partial charge is 0.319 e. The lowest BCUT2D eigenvalue weighted by atomic mass is 10.2. The minimum Gasteiger partial charge on any atom is -0.396 e. The highest BCUT2D eigenvalue weighted by molar-refractivity contribution is 7.87. The highest BCUT2D eigenvalue weighted by Gasteiger charge is 2.19. The van der Waals surface area contributed by atoms with Crippen LogP contribution < -0.4 is 0 Å². The summed E-state index contributed by atoms with van der Waals surface area (Å²) < 4.78 is 26.1. The van der Waals surface area contributed by atoms with Gasteiger partial charge in [-0.15, -0.1) is 0 Å². The molecular weight excluding hydrogens is 224 g/mol. The number of rotatable bonds is 7. The van der Waals surface area contributed by atoms with Crippen LogP contribution >= 0.6 is 0 Å². The maximum absolute atomic E-state index is 11.0. The van der Waals surface area contributed by atoms with Crippen LogP contribution in [0.3, 0.4) is 0 Å². The average Bonchev–Trinajstić information content (AvgIpc) is 2.00. The maximum Gasteiger partial charge on any atom is 0.319 e. The van der Waals surface area contributed by atoms with Gasteiger partial charge < -0.3 is 14.4 Å². The summed E-state index contributed by atoms with van der Waals surface area (Å²) in [7, 11) is -3.98. The molecule has 0 radical (unpaired) electrons. The highest BCUT2D eigenvalue weighted by Crippen LogP contribution is 2.05. The SMILES string of the molecule is CC(=O)OS(=O)(=O)CC(O)CCCCO. The van der Waals surface area contributed by atoms with E-state index in [-0.39, 0.29) is 13.0 Å². The van der Waals surface area contributed by atoms with Gasteiger partial charge in [-0.3, -0.25) is 4.79 Å². The standard InChI is InChI=1S/C8H16O6S/c1-7(10)14-15(12,13)6-8(11)4-2-3-5-9/h8-9,11H,2-6H2,1H3. The number of aliphatic hydroxyl groups excluding tert-OH is 2. The molecule has 2 N–H and O–H groups in total. The lowest BCUT2D eigenvalue weighted by Crippen LogP contribution is -2.24. The van der Waals surface area contributed by atoms with E-state index in [0.717, 1.165) is 6.92 Å². The van der Waals surface area contributed by atoms with Crippen LogP contribution in [0.5, 0.6) is 0 Å². The maximum atomic E-state index is 11.0. The first-order valence-corrected chi connectivity index (χ1v) is 6.17. The zero-order valence-corrected chi connectivity index (χ0v) is 9.37. The Morgan fingerprint density at radius 1 is 1.40 bits per heavy atom. The van der Waals surface area contributed by atoms with Crippen molar-refractivity contribution in [2.75, 3.05) is 12.4 Å². The molecular formula is C8H16O6S. The molecule has 0 aliphatic rings. The normalized spacial score (nSPS) is 13.5. The Hall–Kier alpha value is -0.660. The topological polar surface area (TPSA) is 101 Å². The zero-order chi connectivity index (χ0) is 11.9. The average molecular weight is 240 g/mol. The largest absolute Gasteiger partial charge is 0.396 e. The van der Waals surface area contributed by atoms with E-state index in [0.29, 0.717) is 12.8 Å². The monoisotopic (exact) mass is 240 g/mol. The number of hydrogen-bond donors (Lipinski definition) is 2. The molecule has 0 saturated heterocycles. The summed E-state index contributed by atoms with van der Waals surface area (Å²) in [6, 6.07) is 0. The van der Waals surface area contributed by atoms with Gasteiger partial charge in [0.2, 0.25) is 0 Å². The fourth-order valence-corrected chi connectivity index (χ4v) is 2.09. The van der Waals surface area contributed by atoms with Gasteiger partial charge in [0.25, 0.3) is 0 Å². The molecule has 0 saturated carbocycles. The summed E-state index contributed by atoms with van der Waals surface area (Å²) in [5, 5.41) is 17.7. The van der Waals surface area contributed by atoms with Gasteiger partial charge in [-0.2, -0.15) is 8.42 Å².